The molecule has 4 rings (SSSR count). The minimum absolute atomic E-state index is 0.196. The highest BCUT2D eigenvalue weighted by Crippen LogP contribution is 2.35. The third-order valence-corrected chi connectivity index (χ3v) is 5.16. The maximum Gasteiger partial charge on any atom is 0.420 e. The maximum atomic E-state index is 13.7. The van der Waals surface area contributed by atoms with Crippen LogP contribution in [0.1, 0.15) is 29.8 Å². The van der Waals surface area contributed by atoms with Gasteiger partial charge in [0, 0.05) is 12.7 Å². The Hall–Kier alpha value is -3.84. The van der Waals surface area contributed by atoms with Crippen molar-refractivity contribution in [2.75, 3.05) is 17.7 Å². The molecule has 14 heteroatoms. The molecule has 0 spiro atoms. The molecule has 0 radical (unpaired) electrons. The van der Waals surface area contributed by atoms with Crippen LogP contribution in [0.25, 0.3) is 16.9 Å². The Morgan fingerprint density at radius 2 is 1.94 bits per heavy atom. The van der Waals surface area contributed by atoms with Crippen molar-refractivity contribution in [2.24, 2.45) is 0 Å². The first-order valence-electron chi connectivity index (χ1n) is 10.1. The van der Waals surface area contributed by atoms with Crippen LogP contribution in [0.4, 0.5) is 29.3 Å². The quantitative estimate of drug-likeness (QED) is 0.368. The maximum absolute atomic E-state index is 13.7. The fraction of sp³-hybridized carbons (Fsp3) is 0.238. The lowest BCUT2D eigenvalue weighted by atomic mass is 10.1. The van der Waals surface area contributed by atoms with Crippen molar-refractivity contribution < 1.29 is 22.7 Å². The number of anilines is 2. The monoisotopic (exact) mass is 506 g/mol. The SMILES string of the molecule is COC(C)c1c(NC(=O)Nc2cnc(-n3ncc(C)n3)c(C(F)(F)F)c2)cnc2ccc(Cl)nc12. The lowest BCUT2D eigenvalue weighted by molar-refractivity contribution is -0.137. The lowest BCUT2D eigenvalue weighted by Gasteiger charge is -2.18. The van der Waals surface area contributed by atoms with Crippen molar-refractivity contribution >= 4 is 40.0 Å². The Balaban J connectivity index is 1.65. The average Bonchev–Trinajstić information content (AvgIpc) is 3.23. The molecule has 2 amide bonds. The van der Waals surface area contributed by atoms with Gasteiger partial charge in [0.2, 0.25) is 0 Å². The van der Waals surface area contributed by atoms with Crippen LogP contribution in [0.3, 0.4) is 0 Å². The molecule has 0 fully saturated rings. The van der Waals surface area contributed by atoms with Crippen molar-refractivity contribution in [2.45, 2.75) is 26.1 Å². The summed E-state index contributed by atoms with van der Waals surface area (Å²) < 4.78 is 46.5. The molecule has 4 aromatic rings. The van der Waals surface area contributed by atoms with Crippen LogP contribution in [0.15, 0.2) is 36.8 Å². The van der Waals surface area contributed by atoms with Crippen LogP contribution in [0.2, 0.25) is 5.15 Å². The molecule has 0 aliphatic rings. The van der Waals surface area contributed by atoms with Crippen LogP contribution in [0, 0.1) is 6.92 Å². The van der Waals surface area contributed by atoms with Crippen LogP contribution in [-0.2, 0) is 10.9 Å². The van der Waals surface area contributed by atoms with E-state index in [0.717, 1.165) is 17.1 Å². The summed E-state index contributed by atoms with van der Waals surface area (Å²) in [4.78, 5) is 25.8. The van der Waals surface area contributed by atoms with Crippen molar-refractivity contribution in [1.82, 2.24) is 29.9 Å². The summed E-state index contributed by atoms with van der Waals surface area (Å²) in [7, 11) is 1.48. The van der Waals surface area contributed by atoms with E-state index < -0.39 is 29.7 Å². The van der Waals surface area contributed by atoms with E-state index in [2.05, 4.69) is 35.8 Å². The number of halogens is 4. The molecule has 0 saturated carbocycles. The van der Waals surface area contributed by atoms with Gasteiger partial charge in [0.05, 0.1) is 52.8 Å². The smallest absolute Gasteiger partial charge is 0.377 e. The summed E-state index contributed by atoms with van der Waals surface area (Å²) >= 11 is 6.03. The van der Waals surface area contributed by atoms with E-state index in [9.17, 15) is 18.0 Å². The first-order valence-corrected chi connectivity index (χ1v) is 10.5. The molecular formula is C21H18ClF3N8O2. The molecule has 0 saturated heterocycles. The van der Waals surface area contributed by atoms with E-state index in [1.165, 1.54) is 19.5 Å². The number of aryl methyl sites for hydroxylation is 1. The second kappa shape index (κ2) is 9.43. The van der Waals surface area contributed by atoms with Gasteiger partial charge in [-0.15, -0.1) is 4.80 Å². The van der Waals surface area contributed by atoms with Crippen molar-refractivity contribution in [3.05, 3.63) is 58.8 Å². The summed E-state index contributed by atoms with van der Waals surface area (Å²) in [5.41, 5.74) is 0.788. The Labute approximate surface area is 201 Å². The third kappa shape index (κ3) is 5.15. The normalized spacial score (nSPS) is 12.5. The van der Waals surface area contributed by atoms with Gasteiger partial charge < -0.3 is 15.4 Å². The molecule has 2 N–H and O–H groups in total. The van der Waals surface area contributed by atoms with Crippen LogP contribution < -0.4 is 10.6 Å². The van der Waals surface area contributed by atoms with E-state index in [0.29, 0.717) is 22.3 Å². The number of amides is 2. The van der Waals surface area contributed by atoms with Gasteiger partial charge in [-0.05, 0) is 32.0 Å². The Bertz CT molecular complexity index is 1410. The lowest BCUT2D eigenvalue weighted by Crippen LogP contribution is -2.22. The van der Waals surface area contributed by atoms with Gasteiger partial charge in [0.15, 0.2) is 5.82 Å². The highest BCUT2D eigenvalue weighted by Gasteiger charge is 2.36. The van der Waals surface area contributed by atoms with Crippen molar-refractivity contribution in [1.29, 1.82) is 0 Å². The largest absolute Gasteiger partial charge is 0.420 e. The second-order valence-electron chi connectivity index (χ2n) is 7.41. The number of rotatable bonds is 5. The molecule has 0 bridgehead atoms. The number of urea groups is 1. The molecule has 4 aromatic heterocycles. The minimum atomic E-state index is -4.77. The number of carbonyl (C=O) groups is 1. The van der Waals surface area contributed by atoms with Crippen LogP contribution >= 0.6 is 11.6 Å². The van der Waals surface area contributed by atoms with E-state index in [1.54, 1.807) is 26.0 Å². The van der Waals surface area contributed by atoms with Crippen LogP contribution in [-0.4, -0.2) is 43.1 Å². The summed E-state index contributed by atoms with van der Waals surface area (Å²) in [6, 6.07) is 3.17. The number of methoxy groups -OCH3 is 1. The van der Waals surface area contributed by atoms with E-state index >= 15 is 0 Å². The molecule has 182 valence electrons. The minimum Gasteiger partial charge on any atom is -0.377 e. The Kier molecular flexibility index (Phi) is 6.54. The standard InChI is InChI=1S/C21H18ClF3N8O2/c1-10-7-28-33(32-10)19-13(21(23,24)25)6-12(8-27-19)29-20(34)30-15-9-26-14-4-5-16(22)31-18(14)17(15)11(2)35-3/h4-9,11H,1-3H3,(H2,29,30,34). The zero-order valence-corrected chi connectivity index (χ0v) is 19.3. The molecule has 10 nitrogen and oxygen atoms in total. The van der Waals surface area contributed by atoms with Gasteiger partial charge in [0.1, 0.15) is 10.7 Å². The Morgan fingerprint density at radius 1 is 1.17 bits per heavy atom. The number of hydrogen-bond acceptors (Lipinski definition) is 7. The molecule has 1 atom stereocenters. The molecule has 0 aromatic carbocycles. The highest BCUT2D eigenvalue weighted by molar-refractivity contribution is 6.29. The first kappa shape index (κ1) is 24.3. The second-order valence-corrected chi connectivity index (χ2v) is 7.80. The number of pyridine rings is 3. The topological polar surface area (TPSA) is 120 Å². The molecule has 0 aliphatic carbocycles. The predicted octanol–water partition coefficient (Wildman–Crippen LogP) is 4.94. The third-order valence-electron chi connectivity index (χ3n) is 4.95. The molecule has 35 heavy (non-hydrogen) atoms. The molecule has 4 heterocycles. The number of hydrogen-bond donors (Lipinski definition) is 2. The number of fused-ring (bicyclic) bond motifs is 1. The fourth-order valence-corrected chi connectivity index (χ4v) is 3.46. The van der Waals surface area contributed by atoms with Gasteiger partial charge in [0.25, 0.3) is 0 Å². The first-order chi connectivity index (χ1) is 16.6. The average molecular weight is 507 g/mol. The number of aromatic nitrogens is 6. The van der Waals surface area contributed by atoms with Gasteiger partial charge in [-0.25, -0.2) is 14.8 Å². The zero-order chi connectivity index (χ0) is 25.3. The number of alkyl halides is 3. The number of ether oxygens (including phenoxy) is 1. The summed E-state index contributed by atoms with van der Waals surface area (Å²) in [5.74, 6) is -0.519. The molecule has 1 unspecified atom stereocenters. The van der Waals surface area contributed by atoms with E-state index in [1.807, 2.05) is 0 Å². The zero-order valence-electron chi connectivity index (χ0n) is 18.6. The predicted molar refractivity (Wildman–Crippen MR) is 122 cm³/mol. The highest BCUT2D eigenvalue weighted by atomic mass is 35.5. The van der Waals surface area contributed by atoms with Crippen LogP contribution in [0.5, 0.6) is 0 Å². The van der Waals surface area contributed by atoms with E-state index in [-0.39, 0.29) is 16.5 Å². The summed E-state index contributed by atoms with van der Waals surface area (Å²) in [6.45, 7) is 3.32. The Morgan fingerprint density at radius 3 is 2.60 bits per heavy atom. The summed E-state index contributed by atoms with van der Waals surface area (Å²) in [5, 5.41) is 12.8. The number of nitrogens with zero attached hydrogens (tertiary/aromatic N) is 6. The number of carbonyl (C=O) groups excluding carboxylic acids is 1. The molecular weight excluding hydrogens is 489 g/mol. The van der Waals surface area contributed by atoms with Gasteiger partial charge >= 0.3 is 12.2 Å². The van der Waals surface area contributed by atoms with Crippen molar-refractivity contribution in [3.8, 4) is 5.82 Å². The summed E-state index contributed by atoms with van der Waals surface area (Å²) in [6.07, 6.45) is -1.51. The van der Waals surface area contributed by atoms with Gasteiger partial charge in [-0.1, -0.05) is 11.6 Å². The van der Waals surface area contributed by atoms with Gasteiger partial charge in [-0.3, -0.25) is 4.98 Å². The fourth-order valence-electron chi connectivity index (χ4n) is 3.31. The molecule has 0 aliphatic heterocycles. The number of nitrogens with one attached hydrogen (secondary N) is 2. The van der Waals surface area contributed by atoms with E-state index in [4.69, 9.17) is 16.3 Å². The van der Waals surface area contributed by atoms with Crippen molar-refractivity contribution in [3.63, 3.8) is 0 Å². The van der Waals surface area contributed by atoms with Gasteiger partial charge in [-0.2, -0.15) is 23.4 Å².